The van der Waals surface area contributed by atoms with Gasteiger partial charge in [-0.2, -0.15) is 0 Å². The zero-order valence-electron chi connectivity index (χ0n) is 13.4. The second-order valence-electron chi connectivity index (χ2n) is 6.05. The molecule has 5 nitrogen and oxygen atoms in total. The summed E-state index contributed by atoms with van der Waals surface area (Å²) >= 11 is 18.2. The molecule has 0 fully saturated rings. The topological polar surface area (TPSA) is 78.4 Å². The molecule has 2 atom stereocenters. The largest absolute Gasteiger partial charge is 0.480 e. The van der Waals surface area contributed by atoms with Gasteiger partial charge in [-0.3, -0.25) is 4.79 Å². The van der Waals surface area contributed by atoms with Crippen LogP contribution in [0.15, 0.2) is 36.4 Å². The Morgan fingerprint density at radius 2 is 1.92 bits per heavy atom. The third-order valence-electron chi connectivity index (χ3n) is 4.13. The number of carbonyl (C=O) groups excluding carboxylic acids is 1. The SMILES string of the molecule is O=C(Cc1cccc(Cl)c1)NC1CC(C(=O)O)Nc2cc(Cl)cc(Cl)c21. The van der Waals surface area contributed by atoms with E-state index in [0.29, 0.717) is 26.3 Å². The van der Waals surface area contributed by atoms with Gasteiger partial charge in [0.05, 0.1) is 12.5 Å². The monoisotopic (exact) mass is 412 g/mol. The highest BCUT2D eigenvalue weighted by molar-refractivity contribution is 6.35. The van der Waals surface area contributed by atoms with Crippen molar-refractivity contribution in [1.29, 1.82) is 0 Å². The molecule has 136 valence electrons. The summed E-state index contributed by atoms with van der Waals surface area (Å²) in [6.07, 6.45) is 0.299. The number of carbonyl (C=O) groups is 2. The molecule has 3 rings (SSSR count). The second-order valence-corrected chi connectivity index (χ2v) is 7.33. The van der Waals surface area contributed by atoms with Gasteiger partial charge in [-0.1, -0.05) is 46.9 Å². The van der Waals surface area contributed by atoms with Gasteiger partial charge in [-0.25, -0.2) is 4.79 Å². The van der Waals surface area contributed by atoms with Gasteiger partial charge in [-0.05, 0) is 29.8 Å². The van der Waals surface area contributed by atoms with Crippen LogP contribution in [0.3, 0.4) is 0 Å². The van der Waals surface area contributed by atoms with E-state index in [1.54, 1.807) is 36.4 Å². The lowest BCUT2D eigenvalue weighted by molar-refractivity contribution is -0.138. The number of anilines is 1. The minimum absolute atomic E-state index is 0.128. The van der Waals surface area contributed by atoms with Crippen LogP contribution >= 0.6 is 34.8 Å². The summed E-state index contributed by atoms with van der Waals surface area (Å²) in [6.45, 7) is 0. The lowest BCUT2D eigenvalue weighted by atomic mass is 9.92. The van der Waals surface area contributed by atoms with Gasteiger partial charge in [-0.15, -0.1) is 0 Å². The van der Waals surface area contributed by atoms with E-state index in [9.17, 15) is 14.7 Å². The molecular weight excluding hydrogens is 399 g/mol. The Morgan fingerprint density at radius 1 is 1.15 bits per heavy atom. The number of rotatable bonds is 4. The molecule has 0 spiro atoms. The van der Waals surface area contributed by atoms with Crippen molar-refractivity contribution in [2.75, 3.05) is 5.32 Å². The normalized spacial score (nSPS) is 18.6. The van der Waals surface area contributed by atoms with Crippen LogP contribution in [0.2, 0.25) is 15.1 Å². The van der Waals surface area contributed by atoms with E-state index in [1.807, 2.05) is 0 Å². The molecule has 2 aromatic rings. The smallest absolute Gasteiger partial charge is 0.326 e. The van der Waals surface area contributed by atoms with Crippen molar-refractivity contribution in [3.63, 3.8) is 0 Å². The average Bonchev–Trinajstić information content (AvgIpc) is 2.53. The number of fused-ring (bicyclic) bond motifs is 1. The fraction of sp³-hybridized carbons (Fsp3) is 0.222. The van der Waals surface area contributed by atoms with E-state index in [4.69, 9.17) is 34.8 Å². The molecule has 1 aliphatic heterocycles. The Labute approximate surface area is 165 Å². The van der Waals surface area contributed by atoms with Gasteiger partial charge in [0.25, 0.3) is 0 Å². The van der Waals surface area contributed by atoms with Crippen molar-refractivity contribution in [2.24, 2.45) is 0 Å². The highest BCUT2D eigenvalue weighted by Gasteiger charge is 2.33. The number of amides is 1. The highest BCUT2D eigenvalue weighted by atomic mass is 35.5. The Balaban J connectivity index is 1.84. The van der Waals surface area contributed by atoms with Gasteiger partial charge in [0.15, 0.2) is 0 Å². The standard InChI is InChI=1S/C18H15Cl3N2O3/c19-10-3-1-2-9(4-10)5-16(24)23-14-8-15(18(25)26)22-13-7-11(20)6-12(21)17(13)14/h1-4,6-7,14-15,22H,5,8H2,(H,23,24)(H,25,26). The third-order valence-corrected chi connectivity index (χ3v) is 4.90. The van der Waals surface area contributed by atoms with Crippen LogP contribution in [0.5, 0.6) is 0 Å². The van der Waals surface area contributed by atoms with Crippen LogP contribution in [-0.2, 0) is 16.0 Å². The lowest BCUT2D eigenvalue weighted by Gasteiger charge is -2.32. The first-order chi connectivity index (χ1) is 12.3. The van der Waals surface area contributed by atoms with Crippen LogP contribution < -0.4 is 10.6 Å². The molecule has 2 aromatic carbocycles. The van der Waals surface area contributed by atoms with Crippen LogP contribution in [0.4, 0.5) is 5.69 Å². The molecule has 1 heterocycles. The first-order valence-electron chi connectivity index (χ1n) is 7.85. The van der Waals surface area contributed by atoms with Crippen molar-refractivity contribution in [3.8, 4) is 0 Å². The van der Waals surface area contributed by atoms with E-state index < -0.39 is 18.1 Å². The molecule has 2 unspecified atom stereocenters. The van der Waals surface area contributed by atoms with Crippen molar-refractivity contribution >= 4 is 52.4 Å². The van der Waals surface area contributed by atoms with Crippen LogP contribution in [0.25, 0.3) is 0 Å². The summed E-state index contributed by atoms with van der Waals surface area (Å²) in [7, 11) is 0. The molecule has 1 amide bonds. The zero-order chi connectivity index (χ0) is 18.8. The summed E-state index contributed by atoms with van der Waals surface area (Å²) in [5, 5.41) is 16.4. The van der Waals surface area contributed by atoms with E-state index >= 15 is 0 Å². The molecule has 0 radical (unpaired) electrons. The van der Waals surface area contributed by atoms with Crippen LogP contribution in [-0.4, -0.2) is 23.0 Å². The lowest BCUT2D eigenvalue weighted by Crippen LogP contribution is -2.41. The Kier molecular flexibility index (Phi) is 5.61. The Hall–Kier alpha value is -1.95. The van der Waals surface area contributed by atoms with Gasteiger partial charge in [0, 0.05) is 32.7 Å². The maximum atomic E-state index is 12.5. The number of aliphatic carboxylic acids is 1. The second kappa shape index (κ2) is 7.74. The van der Waals surface area contributed by atoms with E-state index in [1.165, 1.54) is 0 Å². The summed E-state index contributed by atoms with van der Waals surface area (Å²) in [5.74, 6) is -1.26. The summed E-state index contributed by atoms with van der Waals surface area (Å²) < 4.78 is 0. The Morgan fingerprint density at radius 3 is 2.62 bits per heavy atom. The first kappa shape index (κ1) is 18.8. The predicted octanol–water partition coefficient (Wildman–Crippen LogP) is 4.32. The molecule has 8 heteroatoms. The fourth-order valence-corrected chi connectivity index (χ4v) is 3.87. The van der Waals surface area contributed by atoms with E-state index in [2.05, 4.69) is 10.6 Å². The Bertz CT molecular complexity index is 873. The average molecular weight is 414 g/mol. The minimum atomic E-state index is -1.01. The number of benzene rings is 2. The van der Waals surface area contributed by atoms with Crippen LogP contribution in [0, 0.1) is 0 Å². The molecule has 0 bridgehead atoms. The maximum absolute atomic E-state index is 12.5. The van der Waals surface area contributed by atoms with Crippen molar-refractivity contribution in [1.82, 2.24) is 5.32 Å². The van der Waals surface area contributed by atoms with E-state index in [-0.39, 0.29) is 18.7 Å². The van der Waals surface area contributed by atoms with Gasteiger partial charge in [0.1, 0.15) is 6.04 Å². The minimum Gasteiger partial charge on any atom is -0.480 e. The van der Waals surface area contributed by atoms with Crippen molar-refractivity contribution < 1.29 is 14.7 Å². The number of halogens is 3. The number of hydrogen-bond donors (Lipinski definition) is 3. The molecule has 0 aromatic heterocycles. The summed E-state index contributed by atoms with van der Waals surface area (Å²) in [4.78, 5) is 23.9. The molecule has 1 aliphatic rings. The quantitative estimate of drug-likeness (QED) is 0.698. The van der Waals surface area contributed by atoms with E-state index in [0.717, 1.165) is 5.56 Å². The zero-order valence-corrected chi connectivity index (χ0v) is 15.7. The number of hydrogen-bond acceptors (Lipinski definition) is 3. The molecule has 0 saturated heterocycles. The van der Waals surface area contributed by atoms with Crippen LogP contribution in [0.1, 0.15) is 23.6 Å². The van der Waals surface area contributed by atoms with Crippen molar-refractivity contribution in [2.45, 2.75) is 24.9 Å². The van der Waals surface area contributed by atoms with Gasteiger partial charge < -0.3 is 15.7 Å². The summed E-state index contributed by atoms with van der Waals surface area (Å²) in [5.41, 5.74) is 1.91. The highest BCUT2D eigenvalue weighted by Crippen LogP contribution is 2.39. The fourth-order valence-electron chi connectivity index (χ4n) is 3.03. The molecule has 3 N–H and O–H groups in total. The molecule has 0 saturated carbocycles. The number of carboxylic acids is 1. The third kappa shape index (κ3) is 4.23. The predicted molar refractivity (Wildman–Crippen MR) is 102 cm³/mol. The first-order valence-corrected chi connectivity index (χ1v) is 8.99. The van der Waals surface area contributed by atoms with Gasteiger partial charge in [0.2, 0.25) is 5.91 Å². The van der Waals surface area contributed by atoms with Gasteiger partial charge >= 0.3 is 5.97 Å². The maximum Gasteiger partial charge on any atom is 0.326 e. The number of nitrogens with one attached hydrogen (secondary N) is 2. The molecular formula is C18H15Cl3N2O3. The van der Waals surface area contributed by atoms with Crippen molar-refractivity contribution in [3.05, 3.63) is 62.6 Å². The number of carboxylic acid groups (broad SMARTS) is 1. The molecule has 0 aliphatic carbocycles. The molecule has 26 heavy (non-hydrogen) atoms. The summed E-state index contributed by atoms with van der Waals surface area (Å²) in [6, 6.07) is 8.79.